The summed E-state index contributed by atoms with van der Waals surface area (Å²) >= 11 is 5.71. The maximum absolute atomic E-state index is 9.48. The summed E-state index contributed by atoms with van der Waals surface area (Å²) in [6.07, 6.45) is 3.62. The fraction of sp³-hybridized carbons (Fsp3) is 0.400. The average molecular weight is 183 g/mol. The molecule has 0 saturated heterocycles. The number of phenols is 1. The third-order valence-electron chi connectivity index (χ3n) is 2.25. The highest BCUT2D eigenvalue weighted by molar-refractivity contribution is 6.30. The second-order valence-corrected chi connectivity index (χ2v) is 3.86. The monoisotopic (exact) mass is 182 g/mol. The highest BCUT2D eigenvalue weighted by atomic mass is 35.5. The molecule has 0 unspecified atom stereocenters. The highest BCUT2D eigenvalue weighted by Crippen LogP contribution is 2.35. The Hall–Kier alpha value is -0.690. The van der Waals surface area contributed by atoms with Crippen LogP contribution in [0.5, 0.6) is 5.75 Å². The minimum absolute atomic E-state index is 0.342. The summed E-state index contributed by atoms with van der Waals surface area (Å²) in [6.45, 7) is 0. The lowest BCUT2D eigenvalue weighted by Gasteiger charge is -2.02. The minimum atomic E-state index is 0.342. The van der Waals surface area contributed by atoms with Crippen LogP contribution in [0.1, 0.15) is 18.4 Å². The van der Waals surface area contributed by atoms with Crippen LogP contribution in [0.3, 0.4) is 0 Å². The predicted octanol–water partition coefficient (Wildman–Crippen LogP) is 3.00. The molecule has 64 valence electrons. The van der Waals surface area contributed by atoms with Gasteiger partial charge in [0, 0.05) is 5.02 Å². The molecule has 12 heavy (non-hydrogen) atoms. The van der Waals surface area contributed by atoms with Gasteiger partial charge in [-0.15, -0.1) is 0 Å². The average Bonchev–Trinajstić information content (AvgIpc) is 2.79. The fourth-order valence-corrected chi connectivity index (χ4v) is 1.51. The van der Waals surface area contributed by atoms with Crippen LogP contribution >= 0.6 is 11.6 Å². The number of benzene rings is 1. The van der Waals surface area contributed by atoms with E-state index in [1.807, 2.05) is 12.1 Å². The maximum atomic E-state index is 9.48. The van der Waals surface area contributed by atoms with Gasteiger partial charge in [-0.05, 0) is 42.9 Å². The Bertz CT molecular complexity index is 292. The molecule has 0 amide bonds. The number of aromatic hydroxyl groups is 1. The molecule has 0 radical (unpaired) electrons. The molecule has 1 aromatic carbocycles. The molecule has 0 heterocycles. The topological polar surface area (TPSA) is 20.2 Å². The summed E-state index contributed by atoms with van der Waals surface area (Å²) in [7, 11) is 0. The van der Waals surface area contributed by atoms with Gasteiger partial charge in [0.1, 0.15) is 5.75 Å². The third-order valence-corrected chi connectivity index (χ3v) is 2.49. The van der Waals surface area contributed by atoms with Gasteiger partial charge >= 0.3 is 0 Å². The fourth-order valence-electron chi connectivity index (χ4n) is 1.34. The molecular formula is C10H11ClO. The van der Waals surface area contributed by atoms with Crippen LogP contribution in [0, 0.1) is 5.92 Å². The van der Waals surface area contributed by atoms with Gasteiger partial charge in [-0.2, -0.15) is 0 Å². The highest BCUT2D eigenvalue weighted by Gasteiger charge is 2.22. The van der Waals surface area contributed by atoms with Crippen LogP contribution in [0.25, 0.3) is 0 Å². The van der Waals surface area contributed by atoms with Crippen molar-refractivity contribution in [3.8, 4) is 5.75 Å². The molecule has 1 aliphatic rings. The van der Waals surface area contributed by atoms with Crippen molar-refractivity contribution in [3.63, 3.8) is 0 Å². The van der Waals surface area contributed by atoms with E-state index in [4.69, 9.17) is 11.6 Å². The van der Waals surface area contributed by atoms with Crippen LogP contribution in [0.2, 0.25) is 5.02 Å². The van der Waals surface area contributed by atoms with Gasteiger partial charge in [0.15, 0.2) is 0 Å². The van der Waals surface area contributed by atoms with Gasteiger partial charge in [0.25, 0.3) is 0 Å². The third kappa shape index (κ3) is 1.72. The van der Waals surface area contributed by atoms with E-state index < -0.39 is 0 Å². The maximum Gasteiger partial charge on any atom is 0.120 e. The SMILES string of the molecule is Oc1cc(Cl)ccc1CC1CC1. The standard InChI is InChI=1S/C10H11ClO/c11-9-4-3-8(10(12)6-9)5-7-1-2-7/h3-4,6-7,12H,1-2,5H2. The van der Waals surface area contributed by atoms with E-state index in [2.05, 4.69) is 0 Å². The molecule has 2 rings (SSSR count). The number of halogens is 1. The van der Waals surface area contributed by atoms with E-state index in [1.54, 1.807) is 6.07 Å². The Balaban J connectivity index is 2.18. The van der Waals surface area contributed by atoms with Crippen molar-refractivity contribution in [1.82, 2.24) is 0 Å². The van der Waals surface area contributed by atoms with E-state index in [0.29, 0.717) is 10.8 Å². The van der Waals surface area contributed by atoms with Crippen molar-refractivity contribution in [3.05, 3.63) is 28.8 Å². The van der Waals surface area contributed by atoms with Gasteiger partial charge in [0.2, 0.25) is 0 Å². The zero-order valence-electron chi connectivity index (χ0n) is 6.76. The lowest BCUT2D eigenvalue weighted by molar-refractivity contribution is 0.466. The molecule has 2 heteroatoms. The first-order valence-electron chi connectivity index (χ1n) is 4.23. The Morgan fingerprint density at radius 2 is 2.17 bits per heavy atom. The predicted molar refractivity (Wildman–Crippen MR) is 49.5 cm³/mol. The number of rotatable bonds is 2. The van der Waals surface area contributed by atoms with E-state index in [0.717, 1.165) is 17.9 Å². The lowest BCUT2D eigenvalue weighted by atomic mass is 10.1. The van der Waals surface area contributed by atoms with Gasteiger partial charge in [0.05, 0.1) is 0 Å². The van der Waals surface area contributed by atoms with Crippen LogP contribution in [0.15, 0.2) is 18.2 Å². The smallest absolute Gasteiger partial charge is 0.120 e. The number of hydrogen-bond donors (Lipinski definition) is 1. The molecule has 1 nitrogen and oxygen atoms in total. The molecule has 1 saturated carbocycles. The normalized spacial score (nSPS) is 16.4. The molecule has 0 bridgehead atoms. The largest absolute Gasteiger partial charge is 0.508 e. The van der Waals surface area contributed by atoms with Gasteiger partial charge in [-0.3, -0.25) is 0 Å². The van der Waals surface area contributed by atoms with Crippen LogP contribution < -0.4 is 0 Å². The van der Waals surface area contributed by atoms with Gasteiger partial charge in [-0.25, -0.2) is 0 Å². The van der Waals surface area contributed by atoms with Crippen LogP contribution in [-0.4, -0.2) is 5.11 Å². The Labute approximate surface area is 77.0 Å². The van der Waals surface area contributed by atoms with Gasteiger partial charge < -0.3 is 5.11 Å². The summed E-state index contributed by atoms with van der Waals surface area (Å²) in [5, 5.41) is 10.1. The van der Waals surface area contributed by atoms with Crippen molar-refractivity contribution in [2.75, 3.05) is 0 Å². The molecule has 1 N–H and O–H groups in total. The first kappa shape index (κ1) is 7.93. The molecule has 0 aliphatic heterocycles. The molecule has 1 aliphatic carbocycles. The Morgan fingerprint density at radius 3 is 2.75 bits per heavy atom. The molecule has 0 aromatic heterocycles. The molecule has 1 fully saturated rings. The quantitative estimate of drug-likeness (QED) is 0.746. The first-order chi connectivity index (χ1) is 5.75. The summed E-state index contributed by atoms with van der Waals surface area (Å²) in [5.74, 6) is 1.14. The second kappa shape index (κ2) is 2.98. The van der Waals surface area contributed by atoms with E-state index in [9.17, 15) is 5.11 Å². The summed E-state index contributed by atoms with van der Waals surface area (Å²) < 4.78 is 0. The van der Waals surface area contributed by atoms with Crippen LogP contribution in [0.4, 0.5) is 0 Å². The summed E-state index contributed by atoms with van der Waals surface area (Å²) in [6, 6.07) is 5.36. The summed E-state index contributed by atoms with van der Waals surface area (Å²) in [5.41, 5.74) is 1.03. The van der Waals surface area contributed by atoms with Gasteiger partial charge in [-0.1, -0.05) is 17.7 Å². The second-order valence-electron chi connectivity index (χ2n) is 3.42. The molecule has 1 aromatic rings. The Kier molecular flexibility index (Phi) is 1.97. The van der Waals surface area contributed by atoms with E-state index in [-0.39, 0.29) is 0 Å². The van der Waals surface area contributed by atoms with Crippen molar-refractivity contribution in [2.24, 2.45) is 5.92 Å². The van der Waals surface area contributed by atoms with Crippen molar-refractivity contribution in [2.45, 2.75) is 19.3 Å². The number of hydrogen-bond acceptors (Lipinski definition) is 1. The minimum Gasteiger partial charge on any atom is -0.508 e. The van der Waals surface area contributed by atoms with Crippen molar-refractivity contribution >= 4 is 11.6 Å². The van der Waals surface area contributed by atoms with Crippen molar-refractivity contribution in [1.29, 1.82) is 0 Å². The lowest BCUT2D eigenvalue weighted by Crippen LogP contribution is -1.86. The molecule has 0 spiro atoms. The number of phenolic OH excluding ortho intramolecular Hbond substituents is 1. The van der Waals surface area contributed by atoms with Crippen molar-refractivity contribution < 1.29 is 5.11 Å². The Morgan fingerprint density at radius 1 is 1.42 bits per heavy atom. The zero-order valence-corrected chi connectivity index (χ0v) is 7.51. The molecular weight excluding hydrogens is 172 g/mol. The first-order valence-corrected chi connectivity index (χ1v) is 4.61. The zero-order chi connectivity index (χ0) is 8.55. The van der Waals surface area contributed by atoms with E-state index >= 15 is 0 Å². The van der Waals surface area contributed by atoms with E-state index in [1.165, 1.54) is 12.8 Å². The summed E-state index contributed by atoms with van der Waals surface area (Å²) in [4.78, 5) is 0. The molecule has 0 atom stereocenters. The van der Waals surface area contributed by atoms with Crippen LogP contribution in [-0.2, 0) is 6.42 Å².